The number of nitrogens with one attached hydrogen (secondary N) is 2. The number of ether oxygens (including phenoxy) is 1. The summed E-state index contributed by atoms with van der Waals surface area (Å²) in [6.45, 7) is 0.556. The van der Waals surface area contributed by atoms with Crippen LogP contribution in [0, 0.1) is 0 Å². The second kappa shape index (κ2) is 12.3. The Kier molecular flexibility index (Phi) is 9.18. The first-order valence-corrected chi connectivity index (χ1v) is 12.5. The summed E-state index contributed by atoms with van der Waals surface area (Å²) in [5.74, 6) is -0.472. The fourth-order valence-electron chi connectivity index (χ4n) is 4.02. The molecule has 8 heteroatoms. The van der Waals surface area contributed by atoms with Gasteiger partial charge in [0.2, 0.25) is 5.91 Å². The minimum atomic E-state index is -0.851. The maximum Gasteiger partial charge on any atom is 0.407 e. The number of aliphatic carboxylic acids is 1. The Bertz CT molecular complexity index is 935. The number of hydrogen-bond donors (Lipinski definition) is 3. The van der Waals surface area contributed by atoms with Gasteiger partial charge < -0.3 is 20.5 Å². The number of carboxylic acids is 1. The van der Waals surface area contributed by atoms with Gasteiger partial charge in [0, 0.05) is 18.9 Å². The van der Waals surface area contributed by atoms with Crippen molar-refractivity contribution >= 4 is 29.7 Å². The fraction of sp³-hybridized carbons (Fsp3) is 0.400. The highest BCUT2D eigenvalue weighted by molar-refractivity contribution is 7.98. The molecule has 0 aromatic heterocycles. The van der Waals surface area contributed by atoms with Gasteiger partial charge in [0.15, 0.2) is 0 Å². The number of unbranched alkanes of at least 4 members (excludes halogenated alkanes) is 1. The molecule has 2 amide bonds. The van der Waals surface area contributed by atoms with Crippen molar-refractivity contribution in [1.82, 2.24) is 10.6 Å². The van der Waals surface area contributed by atoms with Crippen molar-refractivity contribution < 1.29 is 24.2 Å². The van der Waals surface area contributed by atoms with Gasteiger partial charge in [0.25, 0.3) is 0 Å². The van der Waals surface area contributed by atoms with Crippen LogP contribution < -0.4 is 10.6 Å². The van der Waals surface area contributed by atoms with Crippen LogP contribution in [0.1, 0.15) is 42.7 Å². The number of hydrogen-bond acceptors (Lipinski definition) is 5. The number of alkyl carbamates (subject to hydrolysis) is 1. The molecule has 1 unspecified atom stereocenters. The molecule has 33 heavy (non-hydrogen) atoms. The van der Waals surface area contributed by atoms with Gasteiger partial charge in [-0.25, -0.2) is 4.79 Å². The van der Waals surface area contributed by atoms with E-state index in [0.717, 1.165) is 22.3 Å². The van der Waals surface area contributed by atoms with Crippen LogP contribution in [0.2, 0.25) is 0 Å². The van der Waals surface area contributed by atoms with E-state index in [0.29, 0.717) is 31.6 Å². The lowest BCUT2D eigenvalue weighted by Crippen LogP contribution is -2.47. The van der Waals surface area contributed by atoms with Crippen LogP contribution in [0.3, 0.4) is 0 Å². The first-order valence-electron chi connectivity index (χ1n) is 11.1. The molecule has 0 fully saturated rings. The van der Waals surface area contributed by atoms with Gasteiger partial charge in [-0.15, -0.1) is 0 Å². The minimum absolute atomic E-state index is 0.0455. The molecule has 3 N–H and O–H groups in total. The predicted molar refractivity (Wildman–Crippen MR) is 129 cm³/mol. The highest BCUT2D eigenvalue weighted by Crippen LogP contribution is 2.44. The maximum atomic E-state index is 12.6. The van der Waals surface area contributed by atoms with E-state index in [1.165, 1.54) is 0 Å². The van der Waals surface area contributed by atoms with Crippen molar-refractivity contribution in [3.8, 4) is 11.1 Å². The zero-order valence-electron chi connectivity index (χ0n) is 18.7. The third-order valence-corrected chi connectivity index (χ3v) is 6.32. The van der Waals surface area contributed by atoms with E-state index in [-0.39, 0.29) is 24.9 Å². The molecule has 176 valence electrons. The standard InChI is InChI=1S/C25H30N2O5S/c1-33-15-13-22(24(30)26-14-7-6-12-23(28)29)27-25(31)32-16-21-19-10-4-2-8-17(19)18-9-3-5-11-20(18)21/h2-5,8-11,21-22H,6-7,12-16H2,1H3,(H,26,30)(H,27,31)(H,28,29). The normalized spacial score (nSPS) is 13.0. The third kappa shape index (κ3) is 6.74. The average Bonchev–Trinajstić information content (AvgIpc) is 3.13. The van der Waals surface area contributed by atoms with Crippen molar-refractivity contribution in [1.29, 1.82) is 0 Å². The van der Waals surface area contributed by atoms with Gasteiger partial charge in [-0.3, -0.25) is 9.59 Å². The van der Waals surface area contributed by atoms with Gasteiger partial charge >= 0.3 is 12.1 Å². The topological polar surface area (TPSA) is 105 Å². The zero-order valence-corrected chi connectivity index (χ0v) is 19.5. The zero-order chi connectivity index (χ0) is 23.6. The van der Waals surface area contributed by atoms with Gasteiger partial charge in [-0.1, -0.05) is 48.5 Å². The first-order chi connectivity index (χ1) is 16.0. The predicted octanol–water partition coefficient (Wildman–Crippen LogP) is 4.02. The summed E-state index contributed by atoms with van der Waals surface area (Å²) in [7, 11) is 0. The third-order valence-electron chi connectivity index (χ3n) is 5.68. The molecule has 0 spiro atoms. The van der Waals surface area contributed by atoms with Crippen LogP contribution in [0.5, 0.6) is 0 Å². The maximum absolute atomic E-state index is 12.6. The van der Waals surface area contributed by atoms with Gasteiger partial charge in [-0.2, -0.15) is 11.8 Å². The molecule has 1 atom stereocenters. The Morgan fingerprint density at radius 1 is 1.03 bits per heavy atom. The number of fused-ring (bicyclic) bond motifs is 3. The highest BCUT2D eigenvalue weighted by Gasteiger charge is 2.29. The number of thioether (sulfide) groups is 1. The van der Waals surface area contributed by atoms with Crippen molar-refractivity contribution in [3.63, 3.8) is 0 Å². The Morgan fingerprint density at radius 2 is 1.67 bits per heavy atom. The minimum Gasteiger partial charge on any atom is -0.481 e. The molecule has 0 bridgehead atoms. The van der Waals surface area contributed by atoms with Crippen LogP contribution in [0.4, 0.5) is 4.79 Å². The molecule has 3 rings (SSSR count). The lowest BCUT2D eigenvalue weighted by Gasteiger charge is -2.19. The molecule has 0 aliphatic heterocycles. The second-order valence-corrected chi connectivity index (χ2v) is 8.93. The molecule has 1 aliphatic rings. The Labute approximate surface area is 198 Å². The molecular formula is C25H30N2O5S. The van der Waals surface area contributed by atoms with Crippen LogP contribution in [-0.2, 0) is 14.3 Å². The van der Waals surface area contributed by atoms with Crippen molar-refractivity contribution in [2.45, 2.75) is 37.6 Å². The van der Waals surface area contributed by atoms with E-state index in [1.807, 2.05) is 30.5 Å². The summed E-state index contributed by atoms with van der Waals surface area (Å²) < 4.78 is 5.57. The molecule has 2 aromatic rings. The number of amides is 2. The van der Waals surface area contributed by atoms with Crippen LogP contribution in [-0.4, -0.2) is 54.3 Å². The summed E-state index contributed by atoms with van der Waals surface area (Å²) in [6.07, 6.45) is 2.93. The van der Waals surface area contributed by atoms with E-state index in [9.17, 15) is 14.4 Å². The summed E-state index contributed by atoms with van der Waals surface area (Å²) in [4.78, 5) is 35.7. The Morgan fingerprint density at radius 3 is 2.27 bits per heavy atom. The smallest absolute Gasteiger partial charge is 0.407 e. The fourth-order valence-corrected chi connectivity index (χ4v) is 4.49. The summed E-state index contributed by atoms with van der Waals surface area (Å²) in [6, 6.07) is 15.5. The van der Waals surface area contributed by atoms with E-state index in [2.05, 4.69) is 34.9 Å². The molecular weight excluding hydrogens is 440 g/mol. The Balaban J connectivity index is 1.55. The molecule has 0 saturated carbocycles. The average molecular weight is 471 g/mol. The van der Waals surface area contributed by atoms with Crippen LogP contribution in [0.15, 0.2) is 48.5 Å². The van der Waals surface area contributed by atoms with E-state index >= 15 is 0 Å². The molecule has 1 aliphatic carbocycles. The summed E-state index contributed by atoms with van der Waals surface area (Å²) in [5.41, 5.74) is 4.57. The number of carboxylic acid groups (broad SMARTS) is 1. The number of carbonyl (C=O) groups excluding carboxylic acids is 2. The second-order valence-electron chi connectivity index (χ2n) is 7.95. The van der Waals surface area contributed by atoms with E-state index in [1.54, 1.807) is 11.8 Å². The van der Waals surface area contributed by atoms with Crippen molar-refractivity contribution in [2.75, 3.05) is 25.2 Å². The first kappa shape index (κ1) is 24.6. The van der Waals surface area contributed by atoms with Gasteiger partial charge in [-0.05, 0) is 53.5 Å². The SMILES string of the molecule is CSCCC(NC(=O)OCC1c2ccccc2-c2ccccc21)C(=O)NCCCCC(=O)O. The van der Waals surface area contributed by atoms with Gasteiger partial charge in [0.1, 0.15) is 12.6 Å². The summed E-state index contributed by atoms with van der Waals surface area (Å²) >= 11 is 1.59. The Hall–Kier alpha value is -3.00. The molecule has 7 nitrogen and oxygen atoms in total. The van der Waals surface area contributed by atoms with Crippen molar-refractivity contribution in [3.05, 3.63) is 59.7 Å². The molecule has 0 heterocycles. The molecule has 0 saturated heterocycles. The lowest BCUT2D eigenvalue weighted by atomic mass is 9.98. The van der Waals surface area contributed by atoms with E-state index in [4.69, 9.17) is 9.84 Å². The number of benzene rings is 2. The highest BCUT2D eigenvalue weighted by atomic mass is 32.2. The molecule has 0 radical (unpaired) electrons. The quantitative estimate of drug-likeness (QED) is 0.405. The number of carbonyl (C=O) groups is 3. The van der Waals surface area contributed by atoms with Gasteiger partial charge in [0.05, 0.1) is 0 Å². The van der Waals surface area contributed by atoms with Crippen LogP contribution in [0.25, 0.3) is 11.1 Å². The van der Waals surface area contributed by atoms with E-state index < -0.39 is 18.1 Å². The monoisotopic (exact) mass is 470 g/mol. The molecule has 2 aromatic carbocycles. The number of rotatable bonds is 12. The summed E-state index contributed by atoms with van der Waals surface area (Å²) in [5, 5.41) is 14.2. The van der Waals surface area contributed by atoms with Crippen LogP contribution >= 0.6 is 11.8 Å². The largest absolute Gasteiger partial charge is 0.481 e. The lowest BCUT2D eigenvalue weighted by molar-refractivity contribution is -0.137. The van der Waals surface area contributed by atoms with Crippen molar-refractivity contribution in [2.24, 2.45) is 0 Å².